The lowest BCUT2D eigenvalue weighted by Gasteiger charge is -2.04. The molecule has 4 rings (SSSR count). The van der Waals surface area contributed by atoms with Crippen molar-refractivity contribution < 1.29 is 22.7 Å². The summed E-state index contributed by atoms with van der Waals surface area (Å²) in [5.74, 6) is -0.0900. The summed E-state index contributed by atoms with van der Waals surface area (Å²) in [6.07, 6.45) is -4.58. The highest BCUT2D eigenvalue weighted by Gasteiger charge is 2.35. The van der Waals surface area contributed by atoms with Crippen LogP contribution in [0.5, 0.6) is 5.75 Å². The van der Waals surface area contributed by atoms with Gasteiger partial charge in [0, 0.05) is 23.4 Å². The molecule has 9 heteroatoms. The highest BCUT2D eigenvalue weighted by Crippen LogP contribution is 2.34. The fourth-order valence-corrected chi connectivity index (χ4v) is 3.65. The summed E-state index contributed by atoms with van der Waals surface area (Å²) in [5, 5.41) is 5.77. The van der Waals surface area contributed by atoms with Crippen LogP contribution in [0.4, 0.5) is 13.2 Å². The van der Waals surface area contributed by atoms with E-state index in [4.69, 9.17) is 4.74 Å². The van der Waals surface area contributed by atoms with Gasteiger partial charge in [-0.3, -0.25) is 4.79 Å². The smallest absolute Gasteiger partial charge is 0.427 e. The third-order valence-electron chi connectivity index (χ3n) is 4.13. The standard InChI is InChI=1S/C21H14F3N3O2S/c1-13(28)29-16-9-5-8-15(10-16)17-12-30-20(25-17)27-18(14-6-3-2-4-7-14)11-19(26-27)21(22,23)24/h2-12H,1H3. The van der Waals surface area contributed by atoms with Gasteiger partial charge in [-0.25, -0.2) is 9.67 Å². The van der Waals surface area contributed by atoms with Crippen molar-refractivity contribution >= 4 is 17.3 Å². The van der Waals surface area contributed by atoms with E-state index in [0.717, 1.165) is 17.4 Å². The molecular weight excluding hydrogens is 415 g/mol. The molecule has 152 valence electrons. The molecule has 0 aliphatic heterocycles. The first-order valence-electron chi connectivity index (χ1n) is 8.79. The van der Waals surface area contributed by atoms with Gasteiger partial charge in [-0.1, -0.05) is 42.5 Å². The largest absolute Gasteiger partial charge is 0.435 e. The summed E-state index contributed by atoms with van der Waals surface area (Å²) in [6.45, 7) is 1.30. The minimum Gasteiger partial charge on any atom is -0.427 e. The number of thiazole rings is 1. The highest BCUT2D eigenvalue weighted by atomic mass is 32.1. The number of alkyl halides is 3. The van der Waals surface area contributed by atoms with Crippen LogP contribution in [0.2, 0.25) is 0 Å². The molecular formula is C21H14F3N3O2S. The second kappa shape index (κ2) is 7.75. The van der Waals surface area contributed by atoms with Crippen molar-refractivity contribution in [3.63, 3.8) is 0 Å². The molecule has 0 atom stereocenters. The lowest BCUT2D eigenvalue weighted by atomic mass is 10.1. The Morgan fingerprint density at radius 2 is 1.77 bits per heavy atom. The number of carbonyl (C=O) groups is 1. The first-order valence-corrected chi connectivity index (χ1v) is 9.66. The highest BCUT2D eigenvalue weighted by molar-refractivity contribution is 7.12. The van der Waals surface area contributed by atoms with E-state index < -0.39 is 17.8 Å². The zero-order chi connectivity index (χ0) is 21.3. The molecule has 0 saturated heterocycles. The van der Waals surface area contributed by atoms with E-state index in [9.17, 15) is 18.0 Å². The maximum absolute atomic E-state index is 13.3. The molecule has 0 unspecified atom stereocenters. The average Bonchev–Trinajstić information content (AvgIpc) is 3.35. The van der Waals surface area contributed by atoms with Crippen LogP contribution in [0, 0.1) is 0 Å². The molecule has 0 aliphatic carbocycles. The van der Waals surface area contributed by atoms with E-state index in [1.807, 2.05) is 0 Å². The fourth-order valence-electron chi connectivity index (χ4n) is 2.86. The van der Waals surface area contributed by atoms with Crippen molar-refractivity contribution in [1.82, 2.24) is 14.8 Å². The van der Waals surface area contributed by atoms with Crippen LogP contribution >= 0.6 is 11.3 Å². The number of benzene rings is 2. The number of nitrogens with zero attached hydrogens (tertiary/aromatic N) is 3. The van der Waals surface area contributed by atoms with Gasteiger partial charge in [0.15, 0.2) is 5.69 Å². The monoisotopic (exact) mass is 429 g/mol. The molecule has 2 heterocycles. The van der Waals surface area contributed by atoms with Crippen LogP contribution in [0.3, 0.4) is 0 Å². The van der Waals surface area contributed by atoms with Crippen molar-refractivity contribution in [2.45, 2.75) is 13.1 Å². The van der Waals surface area contributed by atoms with Crippen molar-refractivity contribution in [3.8, 4) is 33.4 Å². The minimum absolute atomic E-state index is 0.289. The predicted molar refractivity (Wildman–Crippen MR) is 106 cm³/mol. The number of carbonyl (C=O) groups excluding carboxylic acids is 1. The second-order valence-electron chi connectivity index (χ2n) is 6.33. The molecule has 0 fully saturated rings. The third-order valence-corrected chi connectivity index (χ3v) is 4.95. The van der Waals surface area contributed by atoms with Crippen LogP contribution in [0.25, 0.3) is 27.6 Å². The Bertz CT molecular complexity index is 1200. The molecule has 0 amide bonds. The third kappa shape index (κ3) is 4.11. The van der Waals surface area contributed by atoms with Crippen LogP contribution in [-0.2, 0) is 11.0 Å². The van der Waals surface area contributed by atoms with E-state index in [1.165, 1.54) is 11.6 Å². The van der Waals surface area contributed by atoms with Crippen molar-refractivity contribution in [2.75, 3.05) is 0 Å². The Balaban J connectivity index is 1.76. The Morgan fingerprint density at radius 3 is 2.47 bits per heavy atom. The van der Waals surface area contributed by atoms with Crippen molar-refractivity contribution in [3.05, 3.63) is 71.7 Å². The quantitative estimate of drug-likeness (QED) is 0.313. The first-order chi connectivity index (χ1) is 14.3. The van der Waals surface area contributed by atoms with Gasteiger partial charge in [0.2, 0.25) is 5.13 Å². The molecule has 5 nitrogen and oxygen atoms in total. The lowest BCUT2D eigenvalue weighted by Crippen LogP contribution is -2.07. The summed E-state index contributed by atoms with van der Waals surface area (Å²) in [4.78, 5) is 15.6. The number of esters is 1. The van der Waals surface area contributed by atoms with E-state index in [-0.39, 0.29) is 10.8 Å². The normalized spacial score (nSPS) is 11.5. The van der Waals surface area contributed by atoms with Gasteiger partial charge in [-0.05, 0) is 18.2 Å². The summed E-state index contributed by atoms with van der Waals surface area (Å²) in [7, 11) is 0. The Kier molecular flexibility index (Phi) is 5.13. The molecule has 0 saturated carbocycles. The number of hydrogen-bond donors (Lipinski definition) is 0. The first kappa shape index (κ1) is 19.8. The maximum Gasteiger partial charge on any atom is 0.435 e. The fraction of sp³-hybridized carbons (Fsp3) is 0.0952. The molecule has 0 bridgehead atoms. The van der Waals surface area contributed by atoms with Crippen LogP contribution in [0.1, 0.15) is 12.6 Å². The van der Waals surface area contributed by atoms with Gasteiger partial charge in [0.1, 0.15) is 5.75 Å². The van der Waals surface area contributed by atoms with Gasteiger partial charge >= 0.3 is 12.1 Å². The van der Waals surface area contributed by atoms with Gasteiger partial charge in [-0.15, -0.1) is 11.3 Å². The lowest BCUT2D eigenvalue weighted by molar-refractivity contribution is -0.141. The van der Waals surface area contributed by atoms with Crippen molar-refractivity contribution in [2.24, 2.45) is 0 Å². The van der Waals surface area contributed by atoms with Gasteiger partial charge in [0.05, 0.1) is 11.4 Å². The average molecular weight is 429 g/mol. The molecule has 0 radical (unpaired) electrons. The van der Waals surface area contributed by atoms with E-state index in [2.05, 4.69) is 10.1 Å². The van der Waals surface area contributed by atoms with Crippen LogP contribution in [0.15, 0.2) is 66.0 Å². The molecule has 0 spiro atoms. The van der Waals surface area contributed by atoms with E-state index in [1.54, 1.807) is 60.0 Å². The Labute approximate surface area is 173 Å². The van der Waals surface area contributed by atoms with Gasteiger partial charge in [0.25, 0.3) is 0 Å². The summed E-state index contributed by atoms with van der Waals surface area (Å²) < 4.78 is 46.2. The Hall–Kier alpha value is -3.46. The topological polar surface area (TPSA) is 57.0 Å². The summed E-state index contributed by atoms with van der Waals surface area (Å²) >= 11 is 1.16. The van der Waals surface area contributed by atoms with Crippen LogP contribution < -0.4 is 4.74 Å². The number of aromatic nitrogens is 3. The summed E-state index contributed by atoms with van der Waals surface area (Å²) in [5.41, 5.74) is 1.09. The predicted octanol–water partition coefficient (Wildman–Crippen LogP) is 5.61. The molecule has 0 aliphatic rings. The second-order valence-corrected chi connectivity index (χ2v) is 7.16. The molecule has 2 aromatic carbocycles. The molecule has 30 heavy (non-hydrogen) atoms. The molecule has 4 aromatic rings. The van der Waals surface area contributed by atoms with Crippen LogP contribution in [-0.4, -0.2) is 20.7 Å². The number of halogens is 3. The Morgan fingerprint density at radius 1 is 1.03 bits per heavy atom. The number of rotatable bonds is 4. The van der Waals surface area contributed by atoms with Gasteiger partial charge in [-0.2, -0.15) is 18.3 Å². The van der Waals surface area contributed by atoms with Gasteiger partial charge < -0.3 is 4.74 Å². The zero-order valence-corrected chi connectivity index (χ0v) is 16.4. The minimum atomic E-state index is -4.58. The SMILES string of the molecule is CC(=O)Oc1cccc(-c2csc(-n3nc(C(F)(F)F)cc3-c3ccccc3)n2)c1. The van der Waals surface area contributed by atoms with E-state index in [0.29, 0.717) is 22.6 Å². The molecule has 2 aromatic heterocycles. The maximum atomic E-state index is 13.3. The zero-order valence-electron chi connectivity index (χ0n) is 15.6. The van der Waals surface area contributed by atoms with E-state index >= 15 is 0 Å². The van der Waals surface area contributed by atoms with Crippen molar-refractivity contribution in [1.29, 1.82) is 0 Å². The molecule has 0 N–H and O–H groups in total. The summed E-state index contributed by atoms with van der Waals surface area (Å²) in [6, 6.07) is 16.5. The number of ether oxygens (including phenoxy) is 1. The number of hydrogen-bond acceptors (Lipinski definition) is 5.